The van der Waals surface area contributed by atoms with Crippen molar-refractivity contribution in [3.05, 3.63) is 64.4 Å². The zero-order valence-corrected chi connectivity index (χ0v) is 21.6. The van der Waals surface area contributed by atoms with Crippen LogP contribution >= 0.6 is 15.9 Å². The van der Waals surface area contributed by atoms with Crippen molar-refractivity contribution in [2.24, 2.45) is 0 Å². The number of carbonyl (C=O) groups excluding carboxylic acids is 2. The van der Waals surface area contributed by atoms with Gasteiger partial charge in [-0.2, -0.15) is 0 Å². The minimum Gasteiger partial charge on any atom is -0.397 e. The first-order valence-corrected chi connectivity index (χ1v) is 13.2. The van der Waals surface area contributed by atoms with Crippen molar-refractivity contribution in [1.82, 2.24) is 15.2 Å². The molecule has 2 aliphatic rings. The highest BCUT2D eigenvalue weighted by molar-refractivity contribution is 9.10. The van der Waals surface area contributed by atoms with E-state index >= 15 is 0 Å². The molecule has 0 saturated carbocycles. The second kappa shape index (κ2) is 10.8. The van der Waals surface area contributed by atoms with E-state index in [-0.39, 0.29) is 23.9 Å². The van der Waals surface area contributed by atoms with Gasteiger partial charge < -0.3 is 26.0 Å². The van der Waals surface area contributed by atoms with Crippen molar-refractivity contribution in [3.63, 3.8) is 0 Å². The van der Waals surface area contributed by atoms with Crippen LogP contribution in [0.5, 0.6) is 0 Å². The van der Waals surface area contributed by atoms with Crippen LogP contribution in [0.1, 0.15) is 46.4 Å². The Balaban J connectivity index is 1.39. The van der Waals surface area contributed by atoms with Gasteiger partial charge in [-0.25, -0.2) is 0 Å². The second-order valence-electron chi connectivity index (χ2n) is 9.37. The van der Waals surface area contributed by atoms with Gasteiger partial charge in [-0.05, 0) is 43.2 Å². The molecular formula is C27H30BrN5O3. The Morgan fingerprint density at radius 3 is 2.69 bits per heavy atom. The molecule has 0 aliphatic carbocycles. The van der Waals surface area contributed by atoms with Gasteiger partial charge in [0.05, 0.1) is 41.2 Å². The Kier molecular flexibility index (Phi) is 7.38. The molecule has 2 aromatic carbocycles. The molecule has 0 spiro atoms. The number of amides is 2. The third kappa shape index (κ3) is 5.17. The highest BCUT2D eigenvalue weighted by Gasteiger charge is 2.31. The van der Waals surface area contributed by atoms with Crippen LogP contribution < -0.4 is 16.4 Å². The maximum absolute atomic E-state index is 13.4. The monoisotopic (exact) mass is 551 g/mol. The zero-order chi connectivity index (χ0) is 25.1. The smallest absolute Gasteiger partial charge is 0.256 e. The highest BCUT2D eigenvalue weighted by Crippen LogP contribution is 2.32. The minimum atomic E-state index is -0.314. The summed E-state index contributed by atoms with van der Waals surface area (Å²) < 4.78 is 6.47. The summed E-state index contributed by atoms with van der Waals surface area (Å²) in [6.45, 7) is 2.40. The van der Waals surface area contributed by atoms with E-state index in [0.29, 0.717) is 42.1 Å². The molecule has 1 aromatic heterocycles. The molecule has 0 radical (unpaired) electrons. The van der Waals surface area contributed by atoms with Gasteiger partial charge in [0.25, 0.3) is 11.8 Å². The summed E-state index contributed by atoms with van der Waals surface area (Å²) in [5.74, 6) is -0.241. The number of nitrogens with two attached hydrogens (primary N) is 1. The first kappa shape index (κ1) is 24.5. The molecule has 36 heavy (non-hydrogen) atoms. The van der Waals surface area contributed by atoms with Crippen molar-refractivity contribution in [2.75, 3.05) is 37.4 Å². The fraction of sp³-hybridized carbons (Fsp3) is 0.370. The van der Waals surface area contributed by atoms with E-state index in [9.17, 15) is 9.59 Å². The third-order valence-corrected chi connectivity index (χ3v) is 7.38. The number of rotatable bonds is 5. The predicted octanol–water partition coefficient (Wildman–Crippen LogP) is 4.21. The first-order valence-electron chi connectivity index (χ1n) is 12.4. The Labute approximate surface area is 218 Å². The van der Waals surface area contributed by atoms with Gasteiger partial charge in [0.1, 0.15) is 0 Å². The number of benzene rings is 2. The van der Waals surface area contributed by atoms with Gasteiger partial charge in [-0.1, -0.05) is 40.2 Å². The van der Waals surface area contributed by atoms with E-state index < -0.39 is 0 Å². The van der Waals surface area contributed by atoms with Gasteiger partial charge in [-0.3, -0.25) is 14.6 Å². The molecule has 3 heterocycles. The molecular weight excluding hydrogens is 522 g/mol. The average molecular weight is 552 g/mol. The fourth-order valence-electron chi connectivity index (χ4n) is 5.01. The number of fused-ring (bicyclic) bond motifs is 1. The Morgan fingerprint density at radius 1 is 1.06 bits per heavy atom. The largest absolute Gasteiger partial charge is 0.397 e. The normalized spacial score (nSPS) is 20.2. The van der Waals surface area contributed by atoms with Gasteiger partial charge in [0.15, 0.2) is 0 Å². The lowest BCUT2D eigenvalue weighted by atomic mass is 10.00. The summed E-state index contributed by atoms with van der Waals surface area (Å²) in [7, 11) is 0. The number of ether oxygens (including phenoxy) is 1. The summed E-state index contributed by atoms with van der Waals surface area (Å²) in [4.78, 5) is 32.9. The standard InChI is InChI=1S/C27H30BrN5O3/c28-18-12-20(27(35)33-9-4-1-5-10-33)25(22(29)13-18)31-23-8-11-36-16-24(23)32-26(34)21-15-30-14-17-6-2-3-7-19(17)21/h2-3,6-7,12-15,23-24,31H,1,4-5,8-11,16,29H2,(H,32,34)/t23-,24+/m1/s1. The Hall–Kier alpha value is -3.17. The van der Waals surface area contributed by atoms with Crippen LogP contribution in [-0.4, -0.2) is 60.1 Å². The molecule has 9 heteroatoms. The van der Waals surface area contributed by atoms with Crippen LogP contribution in [0.2, 0.25) is 0 Å². The number of likely N-dealkylation sites (tertiary alicyclic amines) is 1. The lowest BCUT2D eigenvalue weighted by Crippen LogP contribution is -2.52. The topological polar surface area (TPSA) is 110 Å². The second-order valence-corrected chi connectivity index (χ2v) is 10.3. The van der Waals surface area contributed by atoms with Gasteiger partial charge in [-0.15, -0.1) is 0 Å². The SMILES string of the molecule is Nc1cc(Br)cc(C(=O)N2CCCCC2)c1N[C@@H]1CCOC[C@@H]1NC(=O)c1cncc2ccccc12. The van der Waals surface area contributed by atoms with E-state index in [2.05, 4.69) is 31.5 Å². The van der Waals surface area contributed by atoms with Crippen molar-refractivity contribution < 1.29 is 14.3 Å². The molecule has 3 aromatic rings. The number of nitrogen functional groups attached to an aromatic ring is 1. The van der Waals surface area contributed by atoms with Crippen molar-refractivity contribution in [3.8, 4) is 0 Å². The molecule has 188 valence electrons. The fourth-order valence-corrected chi connectivity index (χ4v) is 5.48. The van der Waals surface area contributed by atoms with E-state index in [1.165, 1.54) is 0 Å². The number of nitrogens with one attached hydrogen (secondary N) is 2. The number of nitrogens with zero attached hydrogens (tertiary/aromatic N) is 2. The zero-order valence-electron chi connectivity index (χ0n) is 20.0. The molecule has 0 bridgehead atoms. The lowest BCUT2D eigenvalue weighted by molar-refractivity contribution is 0.0568. The molecule has 2 atom stereocenters. The molecule has 0 unspecified atom stereocenters. The molecule has 2 aliphatic heterocycles. The maximum Gasteiger partial charge on any atom is 0.256 e. The number of carbonyl (C=O) groups is 2. The Morgan fingerprint density at radius 2 is 1.86 bits per heavy atom. The van der Waals surface area contributed by atoms with E-state index in [1.54, 1.807) is 18.5 Å². The van der Waals surface area contributed by atoms with E-state index in [1.807, 2.05) is 35.2 Å². The van der Waals surface area contributed by atoms with E-state index in [0.717, 1.165) is 47.6 Å². The van der Waals surface area contributed by atoms with Crippen LogP contribution in [-0.2, 0) is 4.74 Å². The van der Waals surface area contributed by atoms with Crippen molar-refractivity contribution in [1.29, 1.82) is 0 Å². The van der Waals surface area contributed by atoms with Crippen LogP contribution in [0.4, 0.5) is 11.4 Å². The quantitative estimate of drug-likeness (QED) is 0.410. The van der Waals surface area contributed by atoms with Crippen molar-refractivity contribution in [2.45, 2.75) is 37.8 Å². The van der Waals surface area contributed by atoms with Crippen LogP contribution in [0, 0.1) is 0 Å². The van der Waals surface area contributed by atoms with Crippen LogP contribution in [0.3, 0.4) is 0 Å². The number of hydrogen-bond acceptors (Lipinski definition) is 6. The molecule has 2 amide bonds. The average Bonchev–Trinajstić information content (AvgIpc) is 2.90. The summed E-state index contributed by atoms with van der Waals surface area (Å²) in [6, 6.07) is 10.8. The minimum absolute atomic E-state index is 0.0281. The molecule has 2 saturated heterocycles. The highest BCUT2D eigenvalue weighted by atomic mass is 79.9. The third-order valence-electron chi connectivity index (χ3n) is 6.92. The van der Waals surface area contributed by atoms with Crippen LogP contribution in [0.25, 0.3) is 10.8 Å². The number of pyridine rings is 1. The number of anilines is 2. The maximum atomic E-state index is 13.4. The number of aromatic nitrogens is 1. The van der Waals surface area contributed by atoms with Crippen LogP contribution in [0.15, 0.2) is 53.3 Å². The summed E-state index contributed by atoms with van der Waals surface area (Å²) in [6.07, 6.45) is 7.16. The molecule has 8 nitrogen and oxygen atoms in total. The molecule has 2 fully saturated rings. The summed E-state index contributed by atoms with van der Waals surface area (Å²) in [5.41, 5.74) is 8.56. The van der Waals surface area contributed by atoms with Gasteiger partial charge >= 0.3 is 0 Å². The summed E-state index contributed by atoms with van der Waals surface area (Å²) in [5, 5.41) is 8.39. The molecule has 5 rings (SSSR count). The Bertz CT molecular complexity index is 1270. The summed E-state index contributed by atoms with van der Waals surface area (Å²) >= 11 is 3.49. The predicted molar refractivity (Wildman–Crippen MR) is 144 cm³/mol. The number of halogens is 1. The first-order chi connectivity index (χ1) is 17.5. The van der Waals surface area contributed by atoms with Gasteiger partial charge in [0.2, 0.25) is 0 Å². The van der Waals surface area contributed by atoms with Gasteiger partial charge in [0, 0.05) is 41.9 Å². The number of piperidine rings is 1. The molecule has 4 N–H and O–H groups in total. The van der Waals surface area contributed by atoms with Crippen molar-refractivity contribution >= 4 is 49.9 Å². The lowest BCUT2D eigenvalue weighted by Gasteiger charge is -2.35. The van der Waals surface area contributed by atoms with E-state index in [4.69, 9.17) is 10.5 Å². The number of hydrogen-bond donors (Lipinski definition) is 3.